The molecule has 9 heavy (non-hydrogen) atoms. The van der Waals surface area contributed by atoms with E-state index in [1.165, 1.54) is 0 Å². The van der Waals surface area contributed by atoms with E-state index in [0.717, 1.165) is 4.31 Å². The number of carbonyl (C=O) groups excluding carboxylic acids is 2. The maximum absolute atomic E-state index is 10.6. The molecule has 1 heterocycles. The van der Waals surface area contributed by atoms with E-state index < -0.39 is 0 Å². The summed E-state index contributed by atoms with van der Waals surface area (Å²) >= 11 is 3.69. The molecule has 0 atom stereocenters. The fraction of sp³-hybridized carbons (Fsp3) is 0.600. The molecule has 0 aromatic heterocycles. The first-order chi connectivity index (χ1) is 4.22. The Kier molecular flexibility index (Phi) is 1.75. The summed E-state index contributed by atoms with van der Waals surface area (Å²) in [5.41, 5.74) is 0. The Bertz CT molecular complexity index is 141. The molecule has 0 aliphatic carbocycles. The molecule has 4 heteroatoms. The summed E-state index contributed by atoms with van der Waals surface area (Å²) in [6, 6.07) is 0. The third-order valence-corrected chi connectivity index (χ3v) is 1.70. The third kappa shape index (κ3) is 1.24. The average molecular weight is 145 g/mol. The van der Waals surface area contributed by atoms with Gasteiger partial charge in [0.15, 0.2) is 0 Å². The van der Waals surface area contributed by atoms with Crippen LogP contribution in [0.4, 0.5) is 0 Å². The molecule has 0 spiro atoms. The first-order valence-electron chi connectivity index (χ1n) is 2.76. The van der Waals surface area contributed by atoms with Crippen molar-refractivity contribution in [3.05, 3.63) is 0 Å². The number of imide groups is 1. The predicted octanol–water partition coefficient (Wildman–Crippen LogP) is 0.370. The van der Waals surface area contributed by atoms with Crippen molar-refractivity contribution in [1.29, 1.82) is 0 Å². The Morgan fingerprint density at radius 3 is 2.00 bits per heavy atom. The standard InChI is InChI=1S/C5H7NO2S/c7-4-2-1-3-5(8)6(4)9/h9H,1-3H2. The van der Waals surface area contributed by atoms with Crippen LogP contribution in [0.5, 0.6) is 0 Å². The first-order valence-corrected chi connectivity index (χ1v) is 3.16. The lowest BCUT2D eigenvalue weighted by atomic mass is 10.1. The Morgan fingerprint density at radius 1 is 1.22 bits per heavy atom. The second-order valence-electron chi connectivity index (χ2n) is 1.95. The summed E-state index contributed by atoms with van der Waals surface area (Å²) < 4.78 is 0.892. The summed E-state index contributed by atoms with van der Waals surface area (Å²) in [5, 5.41) is 0. The van der Waals surface area contributed by atoms with Crippen LogP contribution in [0, 0.1) is 0 Å². The van der Waals surface area contributed by atoms with Crippen molar-refractivity contribution in [1.82, 2.24) is 4.31 Å². The van der Waals surface area contributed by atoms with Crippen LogP contribution in [-0.4, -0.2) is 16.1 Å². The molecule has 0 saturated carbocycles. The van der Waals surface area contributed by atoms with Crippen molar-refractivity contribution in [3.63, 3.8) is 0 Å². The van der Waals surface area contributed by atoms with Crippen molar-refractivity contribution in [2.24, 2.45) is 0 Å². The zero-order valence-electron chi connectivity index (χ0n) is 4.83. The van der Waals surface area contributed by atoms with Gasteiger partial charge in [-0.25, -0.2) is 4.31 Å². The zero-order chi connectivity index (χ0) is 6.85. The molecule has 1 aliphatic rings. The molecular formula is C5H7NO2S. The van der Waals surface area contributed by atoms with E-state index in [2.05, 4.69) is 12.8 Å². The van der Waals surface area contributed by atoms with E-state index in [-0.39, 0.29) is 11.8 Å². The van der Waals surface area contributed by atoms with E-state index in [1.807, 2.05) is 0 Å². The predicted molar refractivity (Wildman–Crippen MR) is 34.7 cm³/mol. The Balaban J connectivity index is 2.62. The van der Waals surface area contributed by atoms with Gasteiger partial charge in [-0.3, -0.25) is 9.59 Å². The monoisotopic (exact) mass is 145 g/mol. The normalized spacial score (nSPS) is 20.8. The average Bonchev–Trinajstić information content (AvgIpc) is 1.83. The molecule has 1 fully saturated rings. The van der Waals surface area contributed by atoms with Gasteiger partial charge in [0.05, 0.1) is 0 Å². The fourth-order valence-corrected chi connectivity index (χ4v) is 0.942. The molecule has 1 aliphatic heterocycles. The van der Waals surface area contributed by atoms with Crippen LogP contribution in [0.15, 0.2) is 0 Å². The van der Waals surface area contributed by atoms with Gasteiger partial charge in [0.2, 0.25) is 11.8 Å². The number of hydrogen-bond acceptors (Lipinski definition) is 3. The van der Waals surface area contributed by atoms with E-state index in [9.17, 15) is 9.59 Å². The summed E-state index contributed by atoms with van der Waals surface area (Å²) in [7, 11) is 0. The number of carbonyl (C=O) groups is 2. The van der Waals surface area contributed by atoms with Crippen molar-refractivity contribution >= 4 is 24.6 Å². The largest absolute Gasteiger partial charge is 0.273 e. The van der Waals surface area contributed by atoms with Gasteiger partial charge in [-0.1, -0.05) is 12.8 Å². The molecule has 0 N–H and O–H groups in total. The lowest BCUT2D eigenvalue weighted by molar-refractivity contribution is -0.140. The van der Waals surface area contributed by atoms with Crippen molar-refractivity contribution in [3.8, 4) is 0 Å². The topological polar surface area (TPSA) is 37.4 Å². The number of hydrogen-bond donors (Lipinski definition) is 1. The van der Waals surface area contributed by atoms with Crippen LogP contribution in [0.3, 0.4) is 0 Å². The summed E-state index contributed by atoms with van der Waals surface area (Å²) in [4.78, 5) is 21.3. The molecule has 0 bridgehead atoms. The van der Waals surface area contributed by atoms with Gasteiger partial charge < -0.3 is 0 Å². The van der Waals surface area contributed by atoms with Crippen LogP contribution < -0.4 is 0 Å². The molecule has 0 aromatic rings. The smallest absolute Gasteiger partial charge is 0.239 e. The number of amides is 2. The summed E-state index contributed by atoms with van der Waals surface area (Å²) in [6.07, 6.45) is 1.58. The third-order valence-electron chi connectivity index (χ3n) is 1.25. The van der Waals surface area contributed by atoms with E-state index in [4.69, 9.17) is 0 Å². The molecule has 50 valence electrons. The van der Waals surface area contributed by atoms with Crippen molar-refractivity contribution in [2.45, 2.75) is 19.3 Å². The molecule has 0 aromatic carbocycles. The molecule has 3 nitrogen and oxygen atoms in total. The number of rotatable bonds is 0. The summed E-state index contributed by atoms with van der Waals surface area (Å²) in [6.45, 7) is 0. The lowest BCUT2D eigenvalue weighted by Gasteiger charge is -2.17. The van der Waals surface area contributed by atoms with Gasteiger partial charge in [0, 0.05) is 12.8 Å². The highest BCUT2D eigenvalue weighted by atomic mass is 32.1. The van der Waals surface area contributed by atoms with Crippen LogP contribution in [0.1, 0.15) is 19.3 Å². The zero-order valence-corrected chi connectivity index (χ0v) is 5.73. The van der Waals surface area contributed by atoms with E-state index in [1.54, 1.807) is 0 Å². The number of thiol groups is 1. The van der Waals surface area contributed by atoms with Gasteiger partial charge in [-0.05, 0) is 6.42 Å². The number of piperidine rings is 1. The van der Waals surface area contributed by atoms with Crippen LogP contribution in [0.2, 0.25) is 0 Å². The Labute approximate surface area is 58.6 Å². The molecule has 2 amide bonds. The van der Waals surface area contributed by atoms with Gasteiger partial charge >= 0.3 is 0 Å². The number of nitrogens with zero attached hydrogens (tertiary/aromatic N) is 1. The van der Waals surface area contributed by atoms with Crippen LogP contribution in [0.25, 0.3) is 0 Å². The highest BCUT2D eigenvalue weighted by Gasteiger charge is 2.22. The molecule has 0 radical (unpaired) electrons. The first kappa shape index (κ1) is 6.61. The lowest BCUT2D eigenvalue weighted by Crippen LogP contribution is -2.32. The Morgan fingerprint density at radius 2 is 1.67 bits per heavy atom. The minimum atomic E-state index is -0.186. The molecular weight excluding hydrogens is 138 g/mol. The quantitative estimate of drug-likeness (QED) is 0.395. The van der Waals surface area contributed by atoms with E-state index in [0.29, 0.717) is 19.3 Å². The van der Waals surface area contributed by atoms with Gasteiger partial charge in [0.25, 0.3) is 0 Å². The Hall–Kier alpha value is -0.510. The molecule has 1 saturated heterocycles. The minimum Gasteiger partial charge on any atom is -0.273 e. The summed E-state index contributed by atoms with van der Waals surface area (Å²) in [5.74, 6) is -0.371. The van der Waals surface area contributed by atoms with Crippen molar-refractivity contribution < 1.29 is 9.59 Å². The molecule has 1 rings (SSSR count). The van der Waals surface area contributed by atoms with Gasteiger partial charge in [-0.15, -0.1) is 0 Å². The van der Waals surface area contributed by atoms with E-state index >= 15 is 0 Å². The minimum absolute atomic E-state index is 0.186. The highest BCUT2D eigenvalue weighted by Crippen LogP contribution is 2.12. The van der Waals surface area contributed by atoms with Crippen LogP contribution in [-0.2, 0) is 9.59 Å². The van der Waals surface area contributed by atoms with Gasteiger partial charge in [0.1, 0.15) is 0 Å². The highest BCUT2D eigenvalue weighted by molar-refractivity contribution is 7.79. The van der Waals surface area contributed by atoms with Crippen molar-refractivity contribution in [2.75, 3.05) is 0 Å². The van der Waals surface area contributed by atoms with Gasteiger partial charge in [-0.2, -0.15) is 0 Å². The second kappa shape index (κ2) is 2.39. The molecule has 0 unspecified atom stereocenters. The fourth-order valence-electron chi connectivity index (χ4n) is 0.742. The second-order valence-corrected chi connectivity index (χ2v) is 2.35. The maximum atomic E-state index is 10.6. The maximum Gasteiger partial charge on any atom is 0.239 e. The SMILES string of the molecule is O=C1CCCC(=O)N1S. The van der Waals surface area contributed by atoms with Crippen LogP contribution >= 0.6 is 12.8 Å².